The summed E-state index contributed by atoms with van der Waals surface area (Å²) in [7, 11) is 0. The molecular weight excluding hydrogens is 212 g/mol. The number of carbonyl (C=O) groups excluding carboxylic acids is 1. The molecule has 0 fully saturated rings. The summed E-state index contributed by atoms with van der Waals surface area (Å²) in [6.07, 6.45) is 4.02. The first-order valence-electron chi connectivity index (χ1n) is 5.70. The van der Waals surface area contributed by atoms with Gasteiger partial charge in [-0.2, -0.15) is 5.26 Å². The van der Waals surface area contributed by atoms with E-state index in [0.717, 1.165) is 29.8 Å². The third-order valence-corrected chi connectivity index (χ3v) is 2.80. The largest absolute Gasteiger partial charge is 0.358 e. The van der Waals surface area contributed by atoms with E-state index in [2.05, 4.69) is 11.4 Å². The van der Waals surface area contributed by atoms with Gasteiger partial charge in [-0.3, -0.25) is 4.79 Å². The highest BCUT2D eigenvalue weighted by Crippen LogP contribution is 2.22. The van der Waals surface area contributed by atoms with Gasteiger partial charge >= 0.3 is 0 Å². The fraction of sp³-hybridized carbons (Fsp3) is 0.286. The predicted molar refractivity (Wildman–Crippen MR) is 66.5 cm³/mol. The molecule has 0 radical (unpaired) electrons. The van der Waals surface area contributed by atoms with Gasteiger partial charge in [-0.1, -0.05) is 6.07 Å². The molecule has 1 N–H and O–H groups in total. The molecule has 17 heavy (non-hydrogen) atoms. The second-order valence-electron chi connectivity index (χ2n) is 4.28. The number of aryl methyl sites for hydroxylation is 1. The number of nitrogens with zero attached hydrogens (tertiary/aromatic N) is 1. The van der Waals surface area contributed by atoms with Crippen LogP contribution in [0, 0.1) is 18.3 Å². The summed E-state index contributed by atoms with van der Waals surface area (Å²) in [6.45, 7) is 1.98. The first-order chi connectivity index (χ1) is 8.19. The Kier molecular flexibility index (Phi) is 3.24. The van der Waals surface area contributed by atoms with E-state index in [1.54, 1.807) is 12.1 Å². The molecule has 1 aliphatic carbocycles. The van der Waals surface area contributed by atoms with Crippen molar-refractivity contribution in [2.24, 2.45) is 0 Å². The lowest BCUT2D eigenvalue weighted by Crippen LogP contribution is -2.09. The predicted octanol–water partition coefficient (Wildman–Crippen LogP) is 2.92. The fourth-order valence-corrected chi connectivity index (χ4v) is 1.92. The molecule has 0 heterocycles. The van der Waals surface area contributed by atoms with Crippen LogP contribution >= 0.6 is 0 Å². The summed E-state index contributed by atoms with van der Waals surface area (Å²) in [5, 5.41) is 12.2. The molecule has 0 aromatic heterocycles. The van der Waals surface area contributed by atoms with Crippen LogP contribution in [-0.2, 0) is 4.79 Å². The van der Waals surface area contributed by atoms with Crippen molar-refractivity contribution in [3.8, 4) is 6.07 Å². The molecule has 0 atom stereocenters. The monoisotopic (exact) mass is 226 g/mol. The van der Waals surface area contributed by atoms with Gasteiger partial charge in [-0.05, 0) is 37.5 Å². The van der Waals surface area contributed by atoms with E-state index < -0.39 is 0 Å². The average molecular weight is 226 g/mol. The molecule has 1 aliphatic rings. The molecule has 3 nitrogen and oxygen atoms in total. The maximum Gasteiger partial charge on any atom is 0.157 e. The Morgan fingerprint density at radius 2 is 2.18 bits per heavy atom. The van der Waals surface area contributed by atoms with Crippen molar-refractivity contribution in [2.45, 2.75) is 26.2 Å². The van der Waals surface area contributed by atoms with Gasteiger partial charge in [-0.15, -0.1) is 0 Å². The van der Waals surface area contributed by atoms with Crippen LogP contribution in [0.3, 0.4) is 0 Å². The number of ketones is 1. The molecule has 2 rings (SSSR count). The lowest BCUT2D eigenvalue weighted by Gasteiger charge is -2.15. The minimum Gasteiger partial charge on any atom is -0.358 e. The number of benzene rings is 1. The third kappa shape index (κ3) is 2.73. The van der Waals surface area contributed by atoms with Crippen LogP contribution in [0.25, 0.3) is 0 Å². The van der Waals surface area contributed by atoms with Crippen molar-refractivity contribution in [3.05, 3.63) is 41.1 Å². The SMILES string of the molecule is Cc1ccc(C#N)c(NC2=CC(=O)CCC2)c1. The zero-order valence-corrected chi connectivity index (χ0v) is 9.79. The van der Waals surface area contributed by atoms with E-state index in [0.29, 0.717) is 12.0 Å². The highest BCUT2D eigenvalue weighted by molar-refractivity contribution is 5.91. The van der Waals surface area contributed by atoms with Gasteiger partial charge < -0.3 is 5.32 Å². The van der Waals surface area contributed by atoms with Crippen molar-refractivity contribution >= 4 is 11.5 Å². The van der Waals surface area contributed by atoms with Gasteiger partial charge in [0, 0.05) is 18.2 Å². The lowest BCUT2D eigenvalue weighted by atomic mass is 10.0. The van der Waals surface area contributed by atoms with Gasteiger partial charge in [0.25, 0.3) is 0 Å². The van der Waals surface area contributed by atoms with E-state index in [1.807, 2.05) is 19.1 Å². The lowest BCUT2D eigenvalue weighted by molar-refractivity contribution is -0.115. The minimum atomic E-state index is 0.157. The molecule has 1 aromatic rings. The molecule has 0 spiro atoms. The third-order valence-electron chi connectivity index (χ3n) is 2.80. The number of anilines is 1. The summed E-state index contributed by atoms with van der Waals surface area (Å²) < 4.78 is 0. The van der Waals surface area contributed by atoms with E-state index in [1.165, 1.54) is 0 Å². The number of nitriles is 1. The Hall–Kier alpha value is -2.08. The Labute approximate surface area is 101 Å². The van der Waals surface area contributed by atoms with E-state index in [-0.39, 0.29) is 5.78 Å². The van der Waals surface area contributed by atoms with Crippen LogP contribution in [-0.4, -0.2) is 5.78 Å². The molecule has 0 bridgehead atoms. The average Bonchev–Trinajstić information content (AvgIpc) is 2.29. The van der Waals surface area contributed by atoms with Crippen LogP contribution in [0.4, 0.5) is 5.69 Å². The molecule has 1 aromatic carbocycles. The highest BCUT2D eigenvalue weighted by atomic mass is 16.1. The number of hydrogen-bond acceptors (Lipinski definition) is 3. The van der Waals surface area contributed by atoms with E-state index >= 15 is 0 Å². The Bertz CT molecular complexity index is 524. The molecule has 3 heteroatoms. The molecule has 0 saturated heterocycles. The van der Waals surface area contributed by atoms with Crippen molar-refractivity contribution in [1.29, 1.82) is 5.26 Å². The van der Waals surface area contributed by atoms with Crippen LogP contribution in [0.1, 0.15) is 30.4 Å². The summed E-state index contributed by atoms with van der Waals surface area (Å²) in [5.41, 5.74) is 3.39. The summed E-state index contributed by atoms with van der Waals surface area (Å²) in [4.78, 5) is 11.3. The first-order valence-corrected chi connectivity index (χ1v) is 5.70. The van der Waals surface area contributed by atoms with Crippen LogP contribution in [0.5, 0.6) is 0 Å². The van der Waals surface area contributed by atoms with Crippen LogP contribution in [0.2, 0.25) is 0 Å². The number of hydrogen-bond donors (Lipinski definition) is 1. The van der Waals surface area contributed by atoms with Gasteiger partial charge in [0.1, 0.15) is 6.07 Å². The zero-order valence-electron chi connectivity index (χ0n) is 9.79. The van der Waals surface area contributed by atoms with Gasteiger partial charge in [0.2, 0.25) is 0 Å². The summed E-state index contributed by atoms with van der Waals surface area (Å²) in [6, 6.07) is 7.78. The van der Waals surface area contributed by atoms with Crippen molar-refractivity contribution in [2.75, 3.05) is 5.32 Å². The second kappa shape index (κ2) is 4.84. The van der Waals surface area contributed by atoms with E-state index in [9.17, 15) is 4.79 Å². The quantitative estimate of drug-likeness (QED) is 0.843. The molecule has 0 saturated carbocycles. The van der Waals surface area contributed by atoms with Gasteiger partial charge in [0.15, 0.2) is 5.78 Å². The van der Waals surface area contributed by atoms with Crippen molar-refractivity contribution < 1.29 is 4.79 Å². The van der Waals surface area contributed by atoms with Gasteiger partial charge in [0.05, 0.1) is 11.3 Å². The van der Waals surface area contributed by atoms with Crippen molar-refractivity contribution in [1.82, 2.24) is 0 Å². The number of allylic oxidation sites excluding steroid dienone is 2. The maximum atomic E-state index is 11.3. The summed E-state index contributed by atoms with van der Waals surface area (Å²) >= 11 is 0. The van der Waals surface area contributed by atoms with E-state index in [4.69, 9.17) is 5.26 Å². The standard InChI is InChI=1S/C14H14N2O/c1-10-5-6-11(9-15)14(7-10)16-12-3-2-4-13(17)8-12/h5-8,16H,2-4H2,1H3. The highest BCUT2D eigenvalue weighted by Gasteiger charge is 2.11. The molecule has 0 unspecified atom stereocenters. The van der Waals surface area contributed by atoms with Gasteiger partial charge in [-0.25, -0.2) is 0 Å². The van der Waals surface area contributed by atoms with Crippen LogP contribution < -0.4 is 5.32 Å². The van der Waals surface area contributed by atoms with Crippen molar-refractivity contribution in [3.63, 3.8) is 0 Å². The number of carbonyl (C=O) groups is 1. The minimum absolute atomic E-state index is 0.157. The fourth-order valence-electron chi connectivity index (χ4n) is 1.92. The van der Waals surface area contributed by atoms with Crippen LogP contribution in [0.15, 0.2) is 30.0 Å². The molecule has 86 valence electrons. The first kappa shape index (κ1) is 11.4. The topological polar surface area (TPSA) is 52.9 Å². The second-order valence-corrected chi connectivity index (χ2v) is 4.28. The number of nitrogens with one attached hydrogen (secondary N) is 1. The maximum absolute atomic E-state index is 11.3. The Morgan fingerprint density at radius 3 is 2.88 bits per heavy atom. The Balaban J connectivity index is 2.27. The normalized spacial score (nSPS) is 15.1. The zero-order chi connectivity index (χ0) is 12.3. The Morgan fingerprint density at radius 1 is 1.35 bits per heavy atom. The smallest absolute Gasteiger partial charge is 0.157 e. The molecular formula is C14H14N2O. The molecule has 0 amide bonds. The number of rotatable bonds is 2. The molecule has 0 aliphatic heterocycles. The summed E-state index contributed by atoms with van der Waals surface area (Å²) in [5.74, 6) is 0.157.